The Morgan fingerprint density at radius 1 is 0.846 bits per heavy atom. The smallest absolute Gasteiger partial charge is 0.0386 e. The second-order valence-electron chi connectivity index (χ2n) is 5.02. The van der Waals surface area contributed by atoms with Gasteiger partial charge in [-0.25, -0.2) is 0 Å². The maximum atomic E-state index is 2.42. The van der Waals surface area contributed by atoms with Crippen molar-refractivity contribution in [2.24, 2.45) is 23.7 Å². The molecule has 0 aromatic heterocycles. The third-order valence-corrected chi connectivity index (χ3v) is 3.72. The van der Waals surface area contributed by atoms with Crippen LogP contribution in [0, 0.1) is 23.7 Å². The van der Waals surface area contributed by atoms with Crippen molar-refractivity contribution >= 4 is 0 Å². The van der Waals surface area contributed by atoms with Gasteiger partial charge < -0.3 is 0 Å². The molecule has 0 bridgehead atoms. The van der Waals surface area contributed by atoms with E-state index >= 15 is 0 Å². The van der Waals surface area contributed by atoms with Crippen molar-refractivity contribution in [1.82, 2.24) is 0 Å². The Kier molecular flexibility index (Phi) is 6.45. The zero-order chi connectivity index (χ0) is 10.4. The molecule has 0 aliphatic carbocycles. The predicted molar refractivity (Wildman–Crippen MR) is 61.9 cm³/mol. The van der Waals surface area contributed by atoms with Gasteiger partial charge in [-0.2, -0.15) is 0 Å². The molecule has 0 amide bonds. The molecule has 0 N–H and O–H groups in total. The first-order valence-electron chi connectivity index (χ1n) is 6.02. The molecule has 3 unspecified atom stereocenters. The minimum absolute atomic E-state index is 0.842. The van der Waals surface area contributed by atoms with Crippen LogP contribution in [0.25, 0.3) is 0 Å². The van der Waals surface area contributed by atoms with Crippen molar-refractivity contribution in [3.05, 3.63) is 0 Å². The van der Waals surface area contributed by atoms with Gasteiger partial charge in [-0.1, -0.05) is 54.4 Å². The van der Waals surface area contributed by atoms with E-state index in [1.54, 1.807) is 0 Å². The average Bonchev–Trinajstić information content (AvgIpc) is 2.12. The van der Waals surface area contributed by atoms with E-state index < -0.39 is 0 Å². The predicted octanol–water partition coefficient (Wildman–Crippen LogP) is 4.74. The zero-order valence-electron chi connectivity index (χ0n) is 10.4. The van der Waals surface area contributed by atoms with Crippen molar-refractivity contribution in [2.45, 2.75) is 60.8 Å². The molecule has 0 radical (unpaired) electrons. The maximum absolute atomic E-state index is 2.42. The highest BCUT2D eigenvalue weighted by Crippen LogP contribution is 2.29. The summed E-state index contributed by atoms with van der Waals surface area (Å²) < 4.78 is 0. The van der Waals surface area contributed by atoms with E-state index in [-0.39, 0.29) is 0 Å². The molecule has 0 heteroatoms. The normalized spacial score (nSPS) is 18.7. The van der Waals surface area contributed by atoms with Gasteiger partial charge in [0, 0.05) is 0 Å². The van der Waals surface area contributed by atoms with Crippen LogP contribution < -0.4 is 0 Å². The Morgan fingerprint density at radius 3 is 1.69 bits per heavy atom. The van der Waals surface area contributed by atoms with Crippen LogP contribution in [0.1, 0.15) is 60.8 Å². The summed E-state index contributed by atoms with van der Waals surface area (Å²) in [6, 6.07) is 0. The number of hydrogen-bond acceptors (Lipinski definition) is 0. The Labute approximate surface area is 85.1 Å². The van der Waals surface area contributed by atoms with Crippen molar-refractivity contribution < 1.29 is 0 Å². The van der Waals surface area contributed by atoms with Crippen LogP contribution in [0.15, 0.2) is 0 Å². The highest BCUT2D eigenvalue weighted by atomic mass is 14.3. The van der Waals surface area contributed by atoms with Crippen LogP contribution in [0.5, 0.6) is 0 Å². The van der Waals surface area contributed by atoms with Gasteiger partial charge in [-0.05, 0) is 30.1 Å². The zero-order valence-corrected chi connectivity index (χ0v) is 10.4. The molecule has 0 heterocycles. The van der Waals surface area contributed by atoms with E-state index in [1.165, 1.54) is 19.3 Å². The summed E-state index contributed by atoms with van der Waals surface area (Å²) >= 11 is 0. The molecule has 0 saturated heterocycles. The lowest BCUT2D eigenvalue weighted by Crippen LogP contribution is -2.18. The Balaban J connectivity index is 4.01. The van der Waals surface area contributed by atoms with E-state index in [0.29, 0.717) is 0 Å². The summed E-state index contributed by atoms with van der Waals surface area (Å²) in [5.74, 6) is 3.58. The summed E-state index contributed by atoms with van der Waals surface area (Å²) in [6.45, 7) is 14.1. The summed E-state index contributed by atoms with van der Waals surface area (Å²) in [5, 5.41) is 0. The van der Waals surface area contributed by atoms with Gasteiger partial charge in [0.15, 0.2) is 0 Å². The topological polar surface area (TPSA) is 0 Å². The van der Waals surface area contributed by atoms with E-state index in [4.69, 9.17) is 0 Å². The van der Waals surface area contributed by atoms with Gasteiger partial charge in [0.2, 0.25) is 0 Å². The Bertz CT molecular complexity index is 115. The first kappa shape index (κ1) is 13.0. The molecule has 0 aromatic rings. The molecule has 0 aliphatic rings. The Hall–Kier alpha value is 0. The third kappa shape index (κ3) is 4.69. The minimum Gasteiger partial charge on any atom is -0.0651 e. The quantitative estimate of drug-likeness (QED) is 0.559. The fraction of sp³-hybridized carbons (Fsp3) is 1.00. The molecule has 0 rings (SSSR count). The molecule has 3 atom stereocenters. The lowest BCUT2D eigenvalue weighted by molar-refractivity contribution is 0.226. The molecule has 0 fully saturated rings. The van der Waals surface area contributed by atoms with Crippen LogP contribution >= 0.6 is 0 Å². The number of rotatable bonds is 6. The molecule has 13 heavy (non-hydrogen) atoms. The molecule has 0 nitrogen and oxygen atoms in total. The van der Waals surface area contributed by atoms with Gasteiger partial charge in [0.1, 0.15) is 0 Å². The average molecular weight is 184 g/mol. The fourth-order valence-corrected chi connectivity index (χ4v) is 1.98. The van der Waals surface area contributed by atoms with Gasteiger partial charge in [-0.15, -0.1) is 0 Å². The van der Waals surface area contributed by atoms with E-state index in [9.17, 15) is 0 Å². The summed E-state index contributed by atoms with van der Waals surface area (Å²) in [5.41, 5.74) is 0. The lowest BCUT2D eigenvalue weighted by Gasteiger charge is -2.28. The van der Waals surface area contributed by atoms with Gasteiger partial charge >= 0.3 is 0 Å². The molecule has 0 saturated carbocycles. The summed E-state index contributed by atoms with van der Waals surface area (Å²) in [4.78, 5) is 0. The third-order valence-electron chi connectivity index (χ3n) is 3.72. The fourth-order valence-electron chi connectivity index (χ4n) is 1.98. The van der Waals surface area contributed by atoms with Crippen molar-refractivity contribution in [3.8, 4) is 0 Å². The molecule has 80 valence electrons. The van der Waals surface area contributed by atoms with Crippen LogP contribution in [0.4, 0.5) is 0 Å². The maximum Gasteiger partial charge on any atom is -0.0386 e. The van der Waals surface area contributed by atoms with Crippen molar-refractivity contribution in [1.29, 1.82) is 0 Å². The molecular formula is C13H28. The largest absolute Gasteiger partial charge is 0.0651 e. The van der Waals surface area contributed by atoms with Crippen LogP contribution in [-0.2, 0) is 0 Å². The SMILES string of the molecule is CCC(C)CC(CC)C(C)C(C)C. The second kappa shape index (κ2) is 6.45. The van der Waals surface area contributed by atoms with Crippen LogP contribution in [-0.4, -0.2) is 0 Å². The first-order chi connectivity index (χ1) is 6.02. The van der Waals surface area contributed by atoms with E-state index in [0.717, 1.165) is 23.7 Å². The lowest BCUT2D eigenvalue weighted by atomic mass is 9.78. The molecule has 0 spiro atoms. The minimum atomic E-state index is 0.842. The Morgan fingerprint density at radius 2 is 1.38 bits per heavy atom. The van der Waals surface area contributed by atoms with Crippen molar-refractivity contribution in [3.63, 3.8) is 0 Å². The molecular weight excluding hydrogens is 156 g/mol. The van der Waals surface area contributed by atoms with Crippen LogP contribution in [0.2, 0.25) is 0 Å². The highest BCUT2D eigenvalue weighted by molar-refractivity contribution is 4.70. The summed E-state index contributed by atoms with van der Waals surface area (Å²) in [7, 11) is 0. The van der Waals surface area contributed by atoms with Crippen molar-refractivity contribution in [2.75, 3.05) is 0 Å². The monoisotopic (exact) mass is 184 g/mol. The van der Waals surface area contributed by atoms with Crippen LogP contribution in [0.3, 0.4) is 0 Å². The molecule has 0 aliphatic heterocycles. The standard InChI is InChI=1S/C13H28/c1-7-11(5)9-13(8-2)12(6)10(3)4/h10-13H,7-9H2,1-6H3. The van der Waals surface area contributed by atoms with Gasteiger partial charge in [0.25, 0.3) is 0 Å². The first-order valence-corrected chi connectivity index (χ1v) is 6.02. The molecule has 0 aromatic carbocycles. The number of hydrogen-bond donors (Lipinski definition) is 0. The van der Waals surface area contributed by atoms with E-state index in [1.807, 2.05) is 0 Å². The second-order valence-corrected chi connectivity index (χ2v) is 5.02. The van der Waals surface area contributed by atoms with E-state index in [2.05, 4.69) is 41.5 Å². The summed E-state index contributed by atoms with van der Waals surface area (Å²) in [6.07, 6.45) is 4.11. The highest BCUT2D eigenvalue weighted by Gasteiger charge is 2.19. The van der Waals surface area contributed by atoms with Gasteiger partial charge in [-0.3, -0.25) is 0 Å². The van der Waals surface area contributed by atoms with Gasteiger partial charge in [0.05, 0.1) is 0 Å².